The second kappa shape index (κ2) is 7.87. The monoisotopic (exact) mass is 361 g/mol. The maximum absolute atomic E-state index is 12.5. The molecule has 2 N–H and O–H groups in total. The quantitative estimate of drug-likeness (QED) is 0.816. The van der Waals surface area contributed by atoms with E-state index in [1.54, 1.807) is 7.11 Å². The van der Waals surface area contributed by atoms with Crippen LogP contribution in [0.4, 0.5) is 0 Å². The summed E-state index contributed by atoms with van der Waals surface area (Å²) in [6.07, 6.45) is 5.43. The van der Waals surface area contributed by atoms with Crippen molar-refractivity contribution in [2.75, 3.05) is 7.11 Å². The maximum Gasteiger partial charge on any atom is 0.223 e. The normalized spacial score (nSPS) is 28.8. The van der Waals surface area contributed by atoms with Crippen molar-refractivity contribution in [3.63, 3.8) is 0 Å². The molecule has 5 nitrogen and oxygen atoms in total. The minimum absolute atomic E-state index is 0.0433. The predicted molar refractivity (Wildman–Crippen MR) is 100 cm³/mol. The Morgan fingerprint density at radius 1 is 1.12 bits per heavy atom. The highest BCUT2D eigenvalue weighted by Crippen LogP contribution is 2.36. The van der Waals surface area contributed by atoms with Gasteiger partial charge < -0.3 is 19.9 Å². The lowest BCUT2D eigenvalue weighted by Crippen LogP contribution is -2.48. The maximum atomic E-state index is 12.5. The van der Waals surface area contributed by atoms with Gasteiger partial charge in [-0.05, 0) is 70.4 Å². The summed E-state index contributed by atoms with van der Waals surface area (Å²) in [7, 11) is 1.63. The topological polar surface area (TPSA) is 67.8 Å². The molecule has 144 valence electrons. The number of amides is 1. The molecule has 0 spiro atoms. The van der Waals surface area contributed by atoms with Crippen LogP contribution in [0.2, 0.25) is 0 Å². The standard InChI is InChI=1S/C21H31NO4/c1-21(2,24)15-8-10-16(11-9-15)22-20(23)14-12-17(13-14)26-19-7-5-4-6-18(19)25-3/h4-7,14-17,24H,8-13H2,1-3H3,(H,22,23). The van der Waals surface area contributed by atoms with Crippen molar-refractivity contribution < 1.29 is 19.4 Å². The number of carbonyl (C=O) groups excluding carboxylic acids is 1. The summed E-state index contributed by atoms with van der Waals surface area (Å²) in [5.74, 6) is 1.99. The van der Waals surface area contributed by atoms with Crippen LogP contribution in [-0.4, -0.2) is 35.9 Å². The Morgan fingerprint density at radius 3 is 2.31 bits per heavy atom. The number of methoxy groups -OCH3 is 1. The summed E-state index contributed by atoms with van der Waals surface area (Å²) in [5, 5.41) is 13.3. The van der Waals surface area contributed by atoms with Crippen molar-refractivity contribution in [1.29, 1.82) is 0 Å². The minimum atomic E-state index is -0.619. The van der Waals surface area contributed by atoms with Gasteiger partial charge in [-0.25, -0.2) is 0 Å². The molecular weight excluding hydrogens is 330 g/mol. The van der Waals surface area contributed by atoms with Crippen LogP contribution in [0.25, 0.3) is 0 Å². The van der Waals surface area contributed by atoms with E-state index in [1.165, 1.54) is 0 Å². The highest BCUT2D eigenvalue weighted by Gasteiger charge is 2.38. The first-order valence-electron chi connectivity index (χ1n) is 9.69. The number of hydrogen-bond acceptors (Lipinski definition) is 4. The summed E-state index contributed by atoms with van der Waals surface area (Å²) in [4.78, 5) is 12.5. The Kier molecular flexibility index (Phi) is 5.76. The molecule has 2 fully saturated rings. The van der Waals surface area contributed by atoms with Crippen molar-refractivity contribution in [2.24, 2.45) is 11.8 Å². The molecule has 1 aromatic carbocycles. The smallest absolute Gasteiger partial charge is 0.223 e. The molecule has 0 atom stereocenters. The SMILES string of the molecule is COc1ccccc1OC1CC(C(=O)NC2CCC(C(C)(C)O)CC2)C1. The second-order valence-corrected chi connectivity index (χ2v) is 8.27. The van der Waals surface area contributed by atoms with Gasteiger partial charge in [0.1, 0.15) is 6.10 Å². The van der Waals surface area contributed by atoms with E-state index >= 15 is 0 Å². The fourth-order valence-electron chi connectivity index (χ4n) is 4.03. The van der Waals surface area contributed by atoms with Crippen LogP contribution in [0.5, 0.6) is 11.5 Å². The molecule has 1 amide bonds. The molecule has 0 aliphatic heterocycles. The third-order valence-corrected chi connectivity index (χ3v) is 5.90. The number of aliphatic hydroxyl groups is 1. The largest absolute Gasteiger partial charge is 0.493 e. The number of nitrogens with one attached hydrogen (secondary N) is 1. The Balaban J connectivity index is 1.40. The molecule has 0 aromatic heterocycles. The molecular formula is C21H31NO4. The predicted octanol–water partition coefficient (Wildman–Crippen LogP) is 3.30. The summed E-state index contributed by atoms with van der Waals surface area (Å²) in [5.41, 5.74) is -0.619. The van der Waals surface area contributed by atoms with Gasteiger partial charge in [0.15, 0.2) is 11.5 Å². The van der Waals surface area contributed by atoms with Crippen LogP contribution in [-0.2, 0) is 4.79 Å². The van der Waals surface area contributed by atoms with Crippen LogP contribution in [0, 0.1) is 11.8 Å². The molecule has 0 saturated heterocycles. The third-order valence-electron chi connectivity index (χ3n) is 5.90. The Morgan fingerprint density at radius 2 is 1.73 bits per heavy atom. The molecule has 26 heavy (non-hydrogen) atoms. The molecule has 0 radical (unpaired) electrons. The van der Waals surface area contributed by atoms with Crippen LogP contribution in [0.15, 0.2) is 24.3 Å². The van der Waals surface area contributed by atoms with E-state index in [0.717, 1.165) is 50.0 Å². The van der Waals surface area contributed by atoms with E-state index in [-0.39, 0.29) is 24.0 Å². The third kappa shape index (κ3) is 4.50. The lowest BCUT2D eigenvalue weighted by molar-refractivity contribution is -0.131. The van der Waals surface area contributed by atoms with Gasteiger partial charge in [-0.15, -0.1) is 0 Å². The fraction of sp³-hybridized carbons (Fsp3) is 0.667. The number of benzene rings is 1. The lowest BCUT2D eigenvalue weighted by atomic mass is 9.76. The zero-order chi connectivity index (χ0) is 18.7. The van der Waals surface area contributed by atoms with Gasteiger partial charge in [0.25, 0.3) is 0 Å². The molecule has 1 aromatic rings. The number of hydrogen-bond donors (Lipinski definition) is 2. The van der Waals surface area contributed by atoms with Crippen LogP contribution >= 0.6 is 0 Å². The number of rotatable bonds is 6. The molecule has 2 aliphatic carbocycles. The zero-order valence-corrected chi connectivity index (χ0v) is 16.0. The van der Waals surface area contributed by atoms with E-state index in [9.17, 15) is 9.90 Å². The summed E-state index contributed by atoms with van der Waals surface area (Å²) in [6, 6.07) is 7.85. The van der Waals surface area contributed by atoms with Gasteiger partial charge >= 0.3 is 0 Å². The molecule has 0 bridgehead atoms. The zero-order valence-electron chi connectivity index (χ0n) is 16.0. The van der Waals surface area contributed by atoms with Crippen molar-refractivity contribution in [2.45, 2.75) is 70.1 Å². The Hall–Kier alpha value is -1.75. The van der Waals surface area contributed by atoms with Crippen molar-refractivity contribution in [1.82, 2.24) is 5.32 Å². The molecule has 0 unspecified atom stereocenters. The van der Waals surface area contributed by atoms with Gasteiger partial charge in [0, 0.05) is 12.0 Å². The molecule has 5 heteroatoms. The van der Waals surface area contributed by atoms with E-state index in [4.69, 9.17) is 9.47 Å². The first-order chi connectivity index (χ1) is 12.4. The molecule has 2 saturated carbocycles. The fourth-order valence-corrected chi connectivity index (χ4v) is 4.03. The average Bonchev–Trinajstić information content (AvgIpc) is 2.57. The van der Waals surface area contributed by atoms with Crippen LogP contribution in [0.1, 0.15) is 52.4 Å². The van der Waals surface area contributed by atoms with E-state index in [1.807, 2.05) is 38.1 Å². The summed E-state index contributed by atoms with van der Waals surface area (Å²) < 4.78 is 11.3. The first kappa shape index (κ1) is 19.0. The first-order valence-corrected chi connectivity index (χ1v) is 9.69. The van der Waals surface area contributed by atoms with Gasteiger partial charge in [0.05, 0.1) is 12.7 Å². The molecule has 0 heterocycles. The van der Waals surface area contributed by atoms with Crippen molar-refractivity contribution in [3.8, 4) is 11.5 Å². The highest BCUT2D eigenvalue weighted by atomic mass is 16.5. The highest BCUT2D eigenvalue weighted by molar-refractivity contribution is 5.80. The van der Waals surface area contributed by atoms with Gasteiger partial charge in [-0.2, -0.15) is 0 Å². The Bertz CT molecular complexity index is 611. The van der Waals surface area contributed by atoms with Gasteiger partial charge in [-0.1, -0.05) is 12.1 Å². The molecule has 3 rings (SSSR count). The average molecular weight is 361 g/mol. The second-order valence-electron chi connectivity index (χ2n) is 8.27. The number of para-hydroxylation sites is 2. The summed E-state index contributed by atoms with van der Waals surface area (Å²) in [6.45, 7) is 3.76. The molecule has 2 aliphatic rings. The lowest BCUT2D eigenvalue weighted by Gasteiger charge is -2.38. The van der Waals surface area contributed by atoms with E-state index in [2.05, 4.69) is 5.32 Å². The van der Waals surface area contributed by atoms with Gasteiger partial charge in [-0.3, -0.25) is 4.79 Å². The minimum Gasteiger partial charge on any atom is -0.493 e. The van der Waals surface area contributed by atoms with E-state index in [0.29, 0.717) is 5.92 Å². The van der Waals surface area contributed by atoms with Gasteiger partial charge in [0.2, 0.25) is 5.91 Å². The van der Waals surface area contributed by atoms with Crippen molar-refractivity contribution >= 4 is 5.91 Å². The van der Waals surface area contributed by atoms with Crippen molar-refractivity contribution in [3.05, 3.63) is 24.3 Å². The number of ether oxygens (including phenoxy) is 2. The summed E-state index contributed by atoms with van der Waals surface area (Å²) >= 11 is 0. The number of carbonyl (C=O) groups is 1. The van der Waals surface area contributed by atoms with Crippen LogP contribution in [0.3, 0.4) is 0 Å². The van der Waals surface area contributed by atoms with E-state index < -0.39 is 5.60 Å². The van der Waals surface area contributed by atoms with Crippen LogP contribution < -0.4 is 14.8 Å². The Labute approximate surface area is 156 Å².